The van der Waals surface area contributed by atoms with Crippen LogP contribution in [0.2, 0.25) is 0 Å². The second-order valence-corrected chi connectivity index (χ2v) is 8.61. The predicted molar refractivity (Wildman–Crippen MR) is 122 cm³/mol. The summed E-state index contributed by atoms with van der Waals surface area (Å²) in [6.07, 6.45) is 6.31. The fraction of sp³-hybridized carbons (Fsp3) is 0.400. The molecule has 0 radical (unpaired) electrons. The van der Waals surface area contributed by atoms with Crippen molar-refractivity contribution in [3.05, 3.63) is 59.4 Å². The third-order valence-electron chi connectivity index (χ3n) is 6.40. The first-order valence-corrected chi connectivity index (χ1v) is 11.4. The molecule has 2 aliphatic heterocycles. The number of H-pyrrole nitrogens is 1. The van der Waals surface area contributed by atoms with Gasteiger partial charge in [0, 0.05) is 37.0 Å². The number of rotatable bonds is 5. The first-order chi connectivity index (χ1) is 15.2. The van der Waals surface area contributed by atoms with Crippen molar-refractivity contribution in [2.24, 2.45) is 0 Å². The van der Waals surface area contributed by atoms with E-state index in [1.165, 1.54) is 37.9 Å². The summed E-state index contributed by atoms with van der Waals surface area (Å²) < 4.78 is 0. The number of carbonyl (C=O) groups is 1. The van der Waals surface area contributed by atoms with Gasteiger partial charge in [-0.15, -0.1) is 0 Å². The zero-order valence-electron chi connectivity index (χ0n) is 18.0. The van der Waals surface area contributed by atoms with Gasteiger partial charge in [0.05, 0.1) is 17.0 Å². The van der Waals surface area contributed by atoms with E-state index in [4.69, 9.17) is 4.98 Å². The third kappa shape index (κ3) is 4.12. The van der Waals surface area contributed by atoms with Gasteiger partial charge in [0.2, 0.25) is 0 Å². The van der Waals surface area contributed by atoms with Crippen LogP contribution in [-0.4, -0.2) is 51.9 Å². The van der Waals surface area contributed by atoms with E-state index in [0.717, 1.165) is 47.0 Å². The van der Waals surface area contributed by atoms with Gasteiger partial charge in [-0.3, -0.25) is 4.79 Å². The predicted octanol–water partition coefficient (Wildman–Crippen LogP) is 4.01. The molecular weight excluding hydrogens is 386 g/mol. The number of likely N-dealkylation sites (tertiary alicyclic amines) is 1. The monoisotopic (exact) mass is 415 g/mol. The van der Waals surface area contributed by atoms with Crippen LogP contribution in [0, 0.1) is 0 Å². The van der Waals surface area contributed by atoms with Crippen molar-refractivity contribution >= 4 is 5.91 Å². The highest BCUT2D eigenvalue weighted by Crippen LogP contribution is 2.30. The summed E-state index contributed by atoms with van der Waals surface area (Å²) in [5, 5.41) is 2.89. The minimum Gasteiger partial charge on any atom is -0.356 e. The number of piperidine rings is 1. The molecule has 2 aliphatic rings. The number of aromatic nitrogens is 3. The molecule has 0 unspecified atom stereocenters. The normalized spacial score (nSPS) is 19.1. The molecule has 6 nitrogen and oxygen atoms in total. The van der Waals surface area contributed by atoms with Gasteiger partial charge in [-0.25, -0.2) is 9.97 Å². The average Bonchev–Trinajstić information content (AvgIpc) is 3.26. The minimum absolute atomic E-state index is 0.0182. The Labute approximate surface area is 183 Å². The summed E-state index contributed by atoms with van der Waals surface area (Å²) in [5.41, 5.74) is 5.79. The quantitative estimate of drug-likeness (QED) is 0.660. The first kappa shape index (κ1) is 19.9. The Morgan fingerprint density at radius 1 is 1.23 bits per heavy atom. The summed E-state index contributed by atoms with van der Waals surface area (Å²) in [6, 6.07) is 12.5. The van der Waals surface area contributed by atoms with Crippen LogP contribution in [-0.2, 0) is 6.42 Å². The summed E-state index contributed by atoms with van der Waals surface area (Å²) in [4.78, 5) is 27.4. The molecule has 2 N–H and O–H groups in total. The van der Waals surface area contributed by atoms with E-state index in [-0.39, 0.29) is 5.91 Å². The Bertz CT molecular complexity index is 1090. The molecule has 0 saturated carbocycles. The Kier molecular flexibility index (Phi) is 5.55. The highest BCUT2D eigenvalue weighted by Gasteiger charge is 2.22. The van der Waals surface area contributed by atoms with Crippen LogP contribution in [0.25, 0.3) is 22.8 Å². The molecule has 6 heteroatoms. The maximum absolute atomic E-state index is 12.1. The van der Waals surface area contributed by atoms with Gasteiger partial charge < -0.3 is 15.2 Å². The van der Waals surface area contributed by atoms with E-state index in [9.17, 15) is 4.79 Å². The Hall–Kier alpha value is -2.99. The largest absolute Gasteiger partial charge is 0.356 e. The molecule has 1 aromatic carbocycles. The summed E-state index contributed by atoms with van der Waals surface area (Å²) in [7, 11) is 0. The SMILES string of the molecule is CCCN1CCC[C@@H](c2cccc(-c3nccc(-c4cc5c([nH]4)CCNC5=O)n3)c2)C1. The van der Waals surface area contributed by atoms with E-state index in [1.54, 1.807) is 6.20 Å². The molecule has 1 saturated heterocycles. The number of hydrogen-bond acceptors (Lipinski definition) is 4. The van der Waals surface area contributed by atoms with Gasteiger partial charge in [0.15, 0.2) is 5.82 Å². The first-order valence-electron chi connectivity index (χ1n) is 11.4. The molecule has 1 fully saturated rings. The lowest BCUT2D eigenvalue weighted by molar-refractivity contribution is 0.0946. The molecule has 1 atom stereocenters. The number of nitrogens with one attached hydrogen (secondary N) is 2. The van der Waals surface area contributed by atoms with Gasteiger partial charge in [0.25, 0.3) is 5.91 Å². The fourth-order valence-corrected chi connectivity index (χ4v) is 4.86. The van der Waals surface area contributed by atoms with Crippen molar-refractivity contribution in [2.45, 2.75) is 38.5 Å². The lowest BCUT2D eigenvalue weighted by Gasteiger charge is -2.32. The van der Waals surface area contributed by atoms with Crippen LogP contribution in [0.15, 0.2) is 42.6 Å². The van der Waals surface area contributed by atoms with Gasteiger partial charge in [0.1, 0.15) is 0 Å². The van der Waals surface area contributed by atoms with Crippen molar-refractivity contribution in [3.8, 4) is 22.8 Å². The van der Waals surface area contributed by atoms with Crippen LogP contribution < -0.4 is 5.32 Å². The van der Waals surface area contributed by atoms with E-state index >= 15 is 0 Å². The molecule has 0 bridgehead atoms. The van der Waals surface area contributed by atoms with Crippen molar-refractivity contribution < 1.29 is 4.79 Å². The van der Waals surface area contributed by atoms with Crippen LogP contribution in [0.4, 0.5) is 0 Å². The minimum atomic E-state index is -0.0182. The maximum atomic E-state index is 12.1. The molecule has 1 amide bonds. The number of nitrogens with zero attached hydrogens (tertiary/aromatic N) is 3. The standard InChI is InChI=1S/C25H29N5O/c1-2-12-30-13-4-7-19(16-30)17-5-3-6-18(14-17)24-26-10-9-22(29-24)23-15-20-21(28-23)8-11-27-25(20)31/h3,5-6,9-10,14-15,19,28H,2,4,7-8,11-13,16H2,1H3,(H,27,31)/t19-/m1/s1. The maximum Gasteiger partial charge on any atom is 0.253 e. The lowest BCUT2D eigenvalue weighted by atomic mass is 9.89. The van der Waals surface area contributed by atoms with Gasteiger partial charge >= 0.3 is 0 Å². The number of benzene rings is 1. The molecular formula is C25H29N5O. The second kappa shape index (κ2) is 8.63. The van der Waals surface area contributed by atoms with Crippen LogP contribution >= 0.6 is 0 Å². The fourth-order valence-electron chi connectivity index (χ4n) is 4.86. The topological polar surface area (TPSA) is 73.9 Å². The number of aromatic amines is 1. The van der Waals surface area contributed by atoms with Crippen LogP contribution in [0.5, 0.6) is 0 Å². The lowest BCUT2D eigenvalue weighted by Crippen LogP contribution is -2.34. The van der Waals surface area contributed by atoms with Crippen molar-refractivity contribution in [1.82, 2.24) is 25.2 Å². The molecule has 0 aliphatic carbocycles. The van der Waals surface area contributed by atoms with Gasteiger partial charge in [-0.1, -0.05) is 25.1 Å². The zero-order valence-corrected chi connectivity index (χ0v) is 18.0. The summed E-state index contributed by atoms with van der Waals surface area (Å²) in [6.45, 7) is 6.45. The van der Waals surface area contributed by atoms with E-state index in [0.29, 0.717) is 12.5 Å². The van der Waals surface area contributed by atoms with Crippen molar-refractivity contribution in [1.29, 1.82) is 0 Å². The molecule has 5 rings (SSSR count). The third-order valence-corrected chi connectivity index (χ3v) is 6.40. The van der Waals surface area contributed by atoms with E-state index in [2.05, 4.69) is 51.4 Å². The number of amides is 1. The molecule has 3 aromatic rings. The summed E-state index contributed by atoms with van der Waals surface area (Å²) in [5.74, 6) is 1.27. The number of fused-ring (bicyclic) bond motifs is 1. The highest BCUT2D eigenvalue weighted by atomic mass is 16.1. The molecule has 160 valence electrons. The van der Waals surface area contributed by atoms with E-state index in [1.807, 2.05) is 12.1 Å². The Balaban J connectivity index is 1.42. The number of carbonyl (C=O) groups excluding carboxylic acids is 1. The Morgan fingerprint density at radius 3 is 3.03 bits per heavy atom. The molecule has 31 heavy (non-hydrogen) atoms. The van der Waals surface area contributed by atoms with Crippen molar-refractivity contribution in [2.75, 3.05) is 26.2 Å². The van der Waals surface area contributed by atoms with Crippen molar-refractivity contribution in [3.63, 3.8) is 0 Å². The number of hydrogen-bond donors (Lipinski definition) is 2. The summed E-state index contributed by atoms with van der Waals surface area (Å²) >= 11 is 0. The van der Waals surface area contributed by atoms with Crippen LogP contribution in [0.1, 0.15) is 53.7 Å². The highest BCUT2D eigenvalue weighted by molar-refractivity contribution is 5.97. The van der Waals surface area contributed by atoms with Gasteiger partial charge in [-0.2, -0.15) is 0 Å². The molecule has 0 spiro atoms. The average molecular weight is 416 g/mol. The van der Waals surface area contributed by atoms with E-state index < -0.39 is 0 Å². The Morgan fingerprint density at radius 2 is 2.16 bits per heavy atom. The zero-order chi connectivity index (χ0) is 21.2. The second-order valence-electron chi connectivity index (χ2n) is 8.61. The smallest absolute Gasteiger partial charge is 0.253 e. The van der Waals surface area contributed by atoms with Gasteiger partial charge in [-0.05, 0) is 62.0 Å². The molecule has 4 heterocycles. The van der Waals surface area contributed by atoms with Crippen LogP contribution in [0.3, 0.4) is 0 Å². The molecule has 2 aromatic heterocycles.